The highest BCUT2D eigenvalue weighted by Gasteiger charge is 2.34. The average molecular weight is 278 g/mol. The molecule has 1 aromatic rings. The summed E-state index contributed by atoms with van der Waals surface area (Å²) in [7, 11) is 0. The maximum absolute atomic E-state index is 12.8. The summed E-state index contributed by atoms with van der Waals surface area (Å²) in [6.45, 7) is 1.49. The molecule has 0 saturated heterocycles. The molecule has 0 aliphatic rings. The van der Waals surface area contributed by atoms with Gasteiger partial charge in [-0.2, -0.15) is 0 Å². The van der Waals surface area contributed by atoms with E-state index in [2.05, 4.69) is 15.9 Å². The van der Waals surface area contributed by atoms with E-state index in [0.29, 0.717) is 0 Å². The molecule has 0 aliphatic carbocycles. The van der Waals surface area contributed by atoms with Crippen LogP contribution in [0.4, 0.5) is 8.78 Å². The van der Waals surface area contributed by atoms with Crippen LogP contribution in [0.25, 0.3) is 0 Å². The summed E-state index contributed by atoms with van der Waals surface area (Å²) in [4.78, 5) is 0. The smallest absolute Gasteiger partial charge is 0.245 e. The molecule has 15 heavy (non-hydrogen) atoms. The Balaban J connectivity index is 2.89. The van der Waals surface area contributed by atoms with Gasteiger partial charge in [0.15, 0.2) is 0 Å². The van der Waals surface area contributed by atoms with Crippen molar-refractivity contribution >= 4 is 15.9 Å². The van der Waals surface area contributed by atoms with Crippen molar-refractivity contribution in [2.24, 2.45) is 11.1 Å². The van der Waals surface area contributed by atoms with E-state index in [0.717, 1.165) is 10.0 Å². The highest BCUT2D eigenvalue weighted by molar-refractivity contribution is 9.10. The normalized spacial score (nSPS) is 15.3. The minimum atomic E-state index is -2.41. The van der Waals surface area contributed by atoms with Crippen molar-refractivity contribution < 1.29 is 8.78 Å². The van der Waals surface area contributed by atoms with Crippen LogP contribution in [0.15, 0.2) is 28.7 Å². The number of hydrogen-bond donors (Lipinski definition) is 1. The van der Waals surface area contributed by atoms with E-state index >= 15 is 0 Å². The largest absolute Gasteiger partial charge is 0.330 e. The van der Waals surface area contributed by atoms with Crippen molar-refractivity contribution in [3.63, 3.8) is 0 Å². The highest BCUT2D eigenvalue weighted by Crippen LogP contribution is 2.31. The zero-order chi connectivity index (χ0) is 11.5. The van der Waals surface area contributed by atoms with Crippen molar-refractivity contribution in [1.29, 1.82) is 0 Å². The summed E-state index contributed by atoms with van der Waals surface area (Å²) < 4.78 is 26.5. The molecule has 1 rings (SSSR count). The molecule has 0 heterocycles. The molecule has 1 atom stereocenters. The summed E-state index contributed by atoms with van der Waals surface area (Å²) in [5.41, 5.74) is 5.13. The summed E-state index contributed by atoms with van der Waals surface area (Å²) in [5, 5.41) is 0. The predicted molar refractivity (Wildman–Crippen MR) is 61.0 cm³/mol. The Morgan fingerprint density at radius 1 is 1.40 bits per heavy atom. The van der Waals surface area contributed by atoms with Crippen LogP contribution in [0.3, 0.4) is 0 Å². The minimum Gasteiger partial charge on any atom is -0.330 e. The van der Waals surface area contributed by atoms with Crippen molar-refractivity contribution in [2.45, 2.75) is 19.8 Å². The van der Waals surface area contributed by atoms with Crippen LogP contribution in [0.2, 0.25) is 0 Å². The number of halogens is 3. The van der Waals surface area contributed by atoms with E-state index < -0.39 is 11.8 Å². The first-order valence-electron chi connectivity index (χ1n) is 4.71. The summed E-state index contributed by atoms with van der Waals surface area (Å²) in [6.07, 6.45) is -2.13. The van der Waals surface area contributed by atoms with E-state index in [1.54, 1.807) is 0 Å². The summed E-state index contributed by atoms with van der Waals surface area (Å²) in [5.74, 6) is 0. The van der Waals surface area contributed by atoms with Gasteiger partial charge in [-0.05, 0) is 18.1 Å². The van der Waals surface area contributed by atoms with Gasteiger partial charge < -0.3 is 5.73 Å². The third-order valence-corrected chi connectivity index (χ3v) is 3.32. The lowest BCUT2D eigenvalue weighted by atomic mass is 9.84. The Labute approximate surface area is 96.8 Å². The quantitative estimate of drug-likeness (QED) is 0.899. The number of hydrogen-bond acceptors (Lipinski definition) is 1. The zero-order valence-electron chi connectivity index (χ0n) is 8.51. The van der Waals surface area contributed by atoms with Gasteiger partial charge in [0, 0.05) is 16.4 Å². The lowest BCUT2D eigenvalue weighted by molar-refractivity contribution is 0.0132. The third-order valence-electron chi connectivity index (χ3n) is 2.55. The van der Waals surface area contributed by atoms with Gasteiger partial charge in [-0.1, -0.05) is 41.1 Å². The Morgan fingerprint density at radius 2 is 2.00 bits per heavy atom. The fourth-order valence-corrected chi connectivity index (χ4v) is 1.74. The lowest BCUT2D eigenvalue weighted by Gasteiger charge is -2.27. The molecule has 0 saturated carbocycles. The molecule has 84 valence electrons. The number of nitrogens with two attached hydrogens (primary N) is 1. The predicted octanol–water partition coefficient (Wildman–Crippen LogP) is 3.22. The van der Waals surface area contributed by atoms with Gasteiger partial charge in [-0.3, -0.25) is 0 Å². The second-order valence-electron chi connectivity index (χ2n) is 3.93. The van der Waals surface area contributed by atoms with Gasteiger partial charge in [0.2, 0.25) is 6.43 Å². The second-order valence-corrected chi connectivity index (χ2v) is 4.78. The van der Waals surface area contributed by atoms with Crippen LogP contribution in [0.1, 0.15) is 12.5 Å². The first kappa shape index (κ1) is 12.6. The highest BCUT2D eigenvalue weighted by atomic mass is 79.9. The Morgan fingerprint density at radius 3 is 2.47 bits per heavy atom. The van der Waals surface area contributed by atoms with E-state index in [9.17, 15) is 8.78 Å². The van der Waals surface area contributed by atoms with Crippen molar-refractivity contribution in [1.82, 2.24) is 0 Å². The van der Waals surface area contributed by atoms with E-state index in [4.69, 9.17) is 5.73 Å². The fraction of sp³-hybridized carbons (Fsp3) is 0.455. The van der Waals surface area contributed by atoms with Crippen LogP contribution >= 0.6 is 15.9 Å². The molecule has 0 aliphatic heterocycles. The number of rotatable bonds is 4. The van der Waals surface area contributed by atoms with Crippen LogP contribution in [0.5, 0.6) is 0 Å². The molecular formula is C11H14BrF2N. The molecule has 1 aromatic carbocycles. The SMILES string of the molecule is CC(CN)(Cc1ccccc1Br)C(F)F. The van der Waals surface area contributed by atoms with Crippen molar-refractivity contribution in [2.75, 3.05) is 6.54 Å². The molecular weight excluding hydrogens is 264 g/mol. The first-order valence-corrected chi connectivity index (χ1v) is 5.50. The number of benzene rings is 1. The maximum Gasteiger partial charge on any atom is 0.245 e. The topological polar surface area (TPSA) is 26.0 Å². The lowest BCUT2D eigenvalue weighted by Crippen LogP contribution is -2.36. The van der Waals surface area contributed by atoms with Gasteiger partial charge in [0.1, 0.15) is 0 Å². The third kappa shape index (κ3) is 2.98. The Hall–Kier alpha value is -0.480. The van der Waals surface area contributed by atoms with Gasteiger partial charge >= 0.3 is 0 Å². The van der Waals surface area contributed by atoms with E-state index in [1.807, 2.05) is 24.3 Å². The molecule has 1 unspecified atom stereocenters. The maximum atomic E-state index is 12.8. The molecule has 0 amide bonds. The molecule has 0 spiro atoms. The summed E-state index contributed by atoms with van der Waals surface area (Å²) >= 11 is 3.34. The van der Waals surface area contributed by atoms with E-state index in [1.165, 1.54) is 6.92 Å². The molecule has 0 fully saturated rings. The second kappa shape index (κ2) is 5.03. The molecule has 4 heteroatoms. The van der Waals surface area contributed by atoms with Gasteiger partial charge in [0.25, 0.3) is 0 Å². The van der Waals surface area contributed by atoms with Crippen LogP contribution < -0.4 is 5.73 Å². The van der Waals surface area contributed by atoms with Gasteiger partial charge in [-0.15, -0.1) is 0 Å². The zero-order valence-corrected chi connectivity index (χ0v) is 10.1. The average Bonchev–Trinajstić information content (AvgIpc) is 2.21. The minimum absolute atomic E-state index is 0.0218. The number of alkyl halides is 2. The van der Waals surface area contributed by atoms with Crippen molar-refractivity contribution in [3.05, 3.63) is 34.3 Å². The molecule has 0 aromatic heterocycles. The van der Waals surface area contributed by atoms with Crippen LogP contribution in [-0.2, 0) is 6.42 Å². The van der Waals surface area contributed by atoms with E-state index in [-0.39, 0.29) is 13.0 Å². The summed E-state index contributed by atoms with van der Waals surface area (Å²) in [6, 6.07) is 7.37. The molecule has 0 bridgehead atoms. The Kier molecular flexibility index (Phi) is 4.22. The van der Waals surface area contributed by atoms with Crippen LogP contribution in [0, 0.1) is 5.41 Å². The Bertz CT molecular complexity index is 330. The van der Waals surface area contributed by atoms with Crippen molar-refractivity contribution in [3.8, 4) is 0 Å². The monoisotopic (exact) mass is 277 g/mol. The molecule has 0 radical (unpaired) electrons. The fourth-order valence-electron chi connectivity index (χ4n) is 1.32. The van der Waals surface area contributed by atoms with Gasteiger partial charge in [0.05, 0.1) is 0 Å². The van der Waals surface area contributed by atoms with Gasteiger partial charge in [-0.25, -0.2) is 8.78 Å². The molecule has 2 N–H and O–H groups in total. The standard InChI is InChI=1S/C11H14BrF2N/c1-11(7-15,10(13)14)6-8-4-2-3-5-9(8)12/h2-5,10H,6-7,15H2,1H3. The first-order chi connectivity index (χ1) is 6.99. The van der Waals surface area contributed by atoms with Crippen LogP contribution in [-0.4, -0.2) is 13.0 Å². The molecule has 1 nitrogen and oxygen atoms in total.